The number of carbonyl (C=O) groups is 2. The van der Waals surface area contributed by atoms with Gasteiger partial charge in [0.1, 0.15) is 6.42 Å². The van der Waals surface area contributed by atoms with Crippen molar-refractivity contribution in [1.29, 1.82) is 5.26 Å². The third kappa shape index (κ3) is 3.38. The zero-order valence-corrected chi connectivity index (χ0v) is 13.4. The number of hydrogen-bond acceptors (Lipinski definition) is 3. The number of hydrogen-bond donors (Lipinski definition) is 1. The summed E-state index contributed by atoms with van der Waals surface area (Å²) < 4.78 is 0. The normalized spacial score (nSPS) is 15.0. The molecule has 0 atom stereocenters. The number of rotatable bonds is 3. The minimum absolute atomic E-state index is 0.0580. The molecule has 1 aliphatic rings. The lowest BCUT2D eigenvalue weighted by Crippen LogP contribution is -2.46. The van der Waals surface area contributed by atoms with Gasteiger partial charge in [0.25, 0.3) is 5.91 Å². The van der Waals surface area contributed by atoms with E-state index in [0.717, 1.165) is 10.8 Å². The Balaban J connectivity index is 1.64. The van der Waals surface area contributed by atoms with E-state index in [2.05, 4.69) is 5.32 Å². The number of nitriles is 1. The number of amides is 2. The maximum Gasteiger partial charge on any atom is 0.252 e. The Kier molecular flexibility index (Phi) is 4.76. The first-order valence-electron chi connectivity index (χ1n) is 8.12. The van der Waals surface area contributed by atoms with Gasteiger partial charge in [-0.25, -0.2) is 0 Å². The molecule has 1 fully saturated rings. The van der Waals surface area contributed by atoms with Crippen LogP contribution >= 0.6 is 0 Å². The summed E-state index contributed by atoms with van der Waals surface area (Å²) in [5, 5.41) is 13.7. The first-order valence-corrected chi connectivity index (χ1v) is 8.12. The van der Waals surface area contributed by atoms with Crippen molar-refractivity contribution in [3.63, 3.8) is 0 Å². The molecule has 122 valence electrons. The molecule has 0 unspecified atom stereocenters. The lowest BCUT2D eigenvalue weighted by atomic mass is 10.0. The molecule has 1 saturated heterocycles. The minimum atomic E-state index is -0.128. The highest BCUT2D eigenvalue weighted by Crippen LogP contribution is 2.19. The van der Waals surface area contributed by atoms with Gasteiger partial charge in [0, 0.05) is 24.7 Å². The van der Waals surface area contributed by atoms with E-state index in [9.17, 15) is 9.59 Å². The van der Waals surface area contributed by atoms with Gasteiger partial charge in [-0.05, 0) is 29.7 Å². The predicted molar refractivity (Wildman–Crippen MR) is 91.2 cm³/mol. The lowest BCUT2D eigenvalue weighted by molar-refractivity contribution is -0.131. The summed E-state index contributed by atoms with van der Waals surface area (Å²) in [6.07, 6.45) is 1.36. The van der Waals surface area contributed by atoms with Crippen LogP contribution in [0.5, 0.6) is 0 Å². The minimum Gasteiger partial charge on any atom is -0.349 e. The number of piperidine rings is 1. The summed E-state index contributed by atoms with van der Waals surface area (Å²) in [5.74, 6) is -0.204. The van der Waals surface area contributed by atoms with E-state index < -0.39 is 0 Å². The van der Waals surface area contributed by atoms with Gasteiger partial charge in [0.15, 0.2) is 0 Å². The average molecular weight is 321 g/mol. The van der Waals surface area contributed by atoms with Crippen molar-refractivity contribution in [3.8, 4) is 6.07 Å². The fourth-order valence-corrected chi connectivity index (χ4v) is 3.14. The van der Waals surface area contributed by atoms with Gasteiger partial charge in [-0.2, -0.15) is 5.26 Å². The van der Waals surface area contributed by atoms with Gasteiger partial charge in [0.2, 0.25) is 5.91 Å². The van der Waals surface area contributed by atoms with Crippen molar-refractivity contribution in [2.24, 2.45) is 0 Å². The molecular weight excluding hydrogens is 302 g/mol. The fourth-order valence-electron chi connectivity index (χ4n) is 3.14. The maximum atomic E-state index is 12.6. The molecule has 1 heterocycles. The molecule has 24 heavy (non-hydrogen) atoms. The monoisotopic (exact) mass is 321 g/mol. The van der Waals surface area contributed by atoms with Gasteiger partial charge in [-0.3, -0.25) is 9.59 Å². The Morgan fingerprint density at radius 3 is 2.58 bits per heavy atom. The van der Waals surface area contributed by atoms with E-state index in [4.69, 9.17) is 5.26 Å². The SMILES string of the molecule is N#CCC(=O)N1CCC(NC(=O)c2cccc3ccccc23)CC1. The summed E-state index contributed by atoms with van der Waals surface area (Å²) in [6, 6.07) is 15.5. The summed E-state index contributed by atoms with van der Waals surface area (Å²) in [7, 11) is 0. The molecule has 1 aliphatic heterocycles. The number of fused-ring (bicyclic) bond motifs is 1. The molecular formula is C19H19N3O2. The zero-order chi connectivity index (χ0) is 16.9. The molecule has 0 aromatic heterocycles. The average Bonchev–Trinajstić information content (AvgIpc) is 2.62. The van der Waals surface area contributed by atoms with Crippen LogP contribution in [0.1, 0.15) is 29.6 Å². The second-order valence-corrected chi connectivity index (χ2v) is 5.99. The van der Waals surface area contributed by atoms with Crippen molar-refractivity contribution in [3.05, 3.63) is 48.0 Å². The van der Waals surface area contributed by atoms with E-state index in [-0.39, 0.29) is 24.3 Å². The van der Waals surface area contributed by atoms with Crippen LogP contribution in [0.2, 0.25) is 0 Å². The zero-order valence-electron chi connectivity index (χ0n) is 13.4. The second-order valence-electron chi connectivity index (χ2n) is 5.99. The van der Waals surface area contributed by atoms with Crippen LogP contribution in [0.15, 0.2) is 42.5 Å². The van der Waals surface area contributed by atoms with Crippen LogP contribution in [0, 0.1) is 11.3 Å². The van der Waals surface area contributed by atoms with Gasteiger partial charge in [-0.15, -0.1) is 0 Å². The Hall–Kier alpha value is -2.87. The Morgan fingerprint density at radius 1 is 1.12 bits per heavy atom. The molecule has 0 saturated carbocycles. The van der Waals surface area contributed by atoms with Crippen LogP contribution in [0.25, 0.3) is 10.8 Å². The van der Waals surface area contributed by atoms with E-state index in [0.29, 0.717) is 31.5 Å². The second kappa shape index (κ2) is 7.14. The molecule has 0 spiro atoms. The third-order valence-electron chi connectivity index (χ3n) is 4.45. The Morgan fingerprint density at radius 2 is 1.83 bits per heavy atom. The largest absolute Gasteiger partial charge is 0.349 e. The van der Waals surface area contributed by atoms with Crippen LogP contribution in [-0.4, -0.2) is 35.8 Å². The van der Waals surface area contributed by atoms with E-state index >= 15 is 0 Å². The van der Waals surface area contributed by atoms with Crippen LogP contribution < -0.4 is 5.32 Å². The van der Waals surface area contributed by atoms with Gasteiger partial charge in [0.05, 0.1) is 6.07 Å². The molecule has 2 amide bonds. The first kappa shape index (κ1) is 16.0. The van der Waals surface area contributed by atoms with Crippen molar-refractivity contribution in [2.75, 3.05) is 13.1 Å². The van der Waals surface area contributed by atoms with E-state index in [1.165, 1.54) is 0 Å². The molecule has 5 heteroatoms. The number of nitrogens with zero attached hydrogens (tertiary/aromatic N) is 2. The summed E-state index contributed by atoms with van der Waals surface area (Å²) >= 11 is 0. The highest BCUT2D eigenvalue weighted by atomic mass is 16.2. The molecule has 1 N–H and O–H groups in total. The first-order chi connectivity index (χ1) is 11.7. The maximum absolute atomic E-state index is 12.6. The van der Waals surface area contributed by atoms with Crippen molar-refractivity contribution < 1.29 is 9.59 Å². The standard InChI is InChI=1S/C19H19N3O2/c20-11-8-18(23)22-12-9-15(10-13-22)21-19(24)17-7-3-5-14-4-1-2-6-16(14)17/h1-7,15H,8-10,12-13H2,(H,21,24). The van der Waals surface area contributed by atoms with Gasteiger partial charge in [-0.1, -0.05) is 36.4 Å². The fraction of sp³-hybridized carbons (Fsp3) is 0.316. The van der Waals surface area contributed by atoms with E-state index in [1.807, 2.05) is 48.5 Å². The Labute approximate surface area is 140 Å². The van der Waals surface area contributed by atoms with Gasteiger partial charge >= 0.3 is 0 Å². The number of benzene rings is 2. The summed E-state index contributed by atoms with van der Waals surface area (Å²) in [4.78, 5) is 26.0. The number of carbonyl (C=O) groups excluding carboxylic acids is 2. The molecule has 2 aromatic carbocycles. The van der Waals surface area contributed by atoms with Crippen molar-refractivity contribution in [1.82, 2.24) is 10.2 Å². The predicted octanol–water partition coefficient (Wildman–Crippen LogP) is 2.47. The highest BCUT2D eigenvalue weighted by Gasteiger charge is 2.24. The van der Waals surface area contributed by atoms with E-state index in [1.54, 1.807) is 4.90 Å². The van der Waals surface area contributed by atoms with Crippen LogP contribution in [0.4, 0.5) is 0 Å². The molecule has 0 bridgehead atoms. The smallest absolute Gasteiger partial charge is 0.252 e. The van der Waals surface area contributed by atoms with Crippen molar-refractivity contribution in [2.45, 2.75) is 25.3 Å². The number of nitrogens with one attached hydrogen (secondary N) is 1. The van der Waals surface area contributed by atoms with Gasteiger partial charge < -0.3 is 10.2 Å². The molecule has 2 aromatic rings. The molecule has 5 nitrogen and oxygen atoms in total. The Bertz CT molecular complexity index is 796. The third-order valence-corrected chi connectivity index (χ3v) is 4.45. The molecule has 0 aliphatic carbocycles. The van der Waals surface area contributed by atoms with Crippen molar-refractivity contribution >= 4 is 22.6 Å². The summed E-state index contributed by atoms with van der Waals surface area (Å²) in [5.41, 5.74) is 0.677. The van der Waals surface area contributed by atoms with Crippen LogP contribution in [-0.2, 0) is 4.79 Å². The quantitative estimate of drug-likeness (QED) is 0.944. The topological polar surface area (TPSA) is 73.2 Å². The number of likely N-dealkylation sites (tertiary alicyclic amines) is 1. The highest BCUT2D eigenvalue weighted by molar-refractivity contribution is 6.07. The van der Waals surface area contributed by atoms with Crippen LogP contribution in [0.3, 0.4) is 0 Å². The molecule has 0 radical (unpaired) electrons. The summed E-state index contributed by atoms with van der Waals surface area (Å²) in [6.45, 7) is 1.17. The molecule has 3 rings (SSSR count). The lowest BCUT2D eigenvalue weighted by Gasteiger charge is -2.32.